The molecule has 0 radical (unpaired) electrons. The van der Waals surface area contributed by atoms with Gasteiger partial charge in [-0.3, -0.25) is 9.13 Å². The number of rotatable bonds is 6. The first kappa shape index (κ1) is 20.4. The van der Waals surface area contributed by atoms with E-state index in [2.05, 4.69) is 15.0 Å². The van der Waals surface area contributed by atoms with E-state index in [4.69, 9.17) is 26.8 Å². The highest BCUT2D eigenvalue weighted by atomic mass is 35.5. The van der Waals surface area contributed by atoms with E-state index in [0.717, 1.165) is 0 Å². The van der Waals surface area contributed by atoms with Crippen LogP contribution in [0.5, 0.6) is 0 Å². The Morgan fingerprint density at radius 2 is 2.19 bits per heavy atom. The molecule has 2 aromatic heterocycles. The predicted octanol–water partition coefficient (Wildman–Crippen LogP) is 0.262. The van der Waals surface area contributed by atoms with Gasteiger partial charge in [-0.05, 0) is 24.4 Å². The average molecular weight is 442 g/mol. The van der Waals surface area contributed by atoms with Gasteiger partial charge in [-0.2, -0.15) is 9.97 Å². The van der Waals surface area contributed by atoms with E-state index in [0.29, 0.717) is 30.3 Å². The van der Waals surface area contributed by atoms with Crippen LogP contribution in [0.1, 0.15) is 19.1 Å². The maximum atomic E-state index is 11.5. The summed E-state index contributed by atoms with van der Waals surface area (Å²) in [5.41, 5.74) is 6.50. The number of fused-ring (bicyclic) bond motifs is 1. The molecule has 0 aliphatic carbocycles. The number of nitrogens with two attached hydrogens (primary N) is 1. The van der Waals surface area contributed by atoms with Crippen LogP contribution >= 0.6 is 19.2 Å². The predicted molar refractivity (Wildman–Crippen MR) is 94.5 cm³/mol. The van der Waals surface area contributed by atoms with Crippen LogP contribution in [0.3, 0.4) is 0 Å². The van der Waals surface area contributed by atoms with E-state index in [1.807, 2.05) is 0 Å². The summed E-state index contributed by atoms with van der Waals surface area (Å²) in [6.45, 7) is -0.302. The van der Waals surface area contributed by atoms with Crippen LogP contribution in [0, 0.1) is 0 Å². The average Bonchev–Trinajstić information content (AvgIpc) is 3.10. The number of imidazole rings is 1. The van der Waals surface area contributed by atoms with E-state index < -0.39 is 34.9 Å². The molecule has 0 spiro atoms. The minimum Gasteiger partial charge on any atom is -0.382 e. The fourth-order valence-electron chi connectivity index (χ4n) is 2.80. The summed E-state index contributed by atoms with van der Waals surface area (Å²) in [6.07, 6.45) is 2.07. The molecule has 0 aromatic carbocycles. The van der Waals surface area contributed by atoms with Crippen molar-refractivity contribution in [3.63, 3.8) is 0 Å². The third-order valence-corrected chi connectivity index (χ3v) is 7.59. The van der Waals surface area contributed by atoms with Gasteiger partial charge in [0.25, 0.3) is 5.18 Å². The summed E-state index contributed by atoms with van der Waals surface area (Å²) in [5.74, 6) is 0.124. The molecule has 3 heterocycles. The van der Waals surface area contributed by atoms with Crippen LogP contribution < -0.4 is 5.73 Å². The van der Waals surface area contributed by atoms with Gasteiger partial charge in [-0.1, -0.05) is 0 Å². The van der Waals surface area contributed by atoms with Gasteiger partial charge in [0, 0.05) is 6.26 Å². The molecular formula is C12H17ClN5O7PS. The summed E-state index contributed by atoms with van der Waals surface area (Å²) in [6, 6.07) is 0. The van der Waals surface area contributed by atoms with Gasteiger partial charge in [0.15, 0.2) is 21.3 Å². The van der Waals surface area contributed by atoms with Crippen LogP contribution in [0.25, 0.3) is 11.2 Å². The number of hydrogen-bond acceptors (Lipinski definition) is 9. The smallest absolute Gasteiger partial charge is 0.369 e. The summed E-state index contributed by atoms with van der Waals surface area (Å²) in [7, 11) is -9.10. The molecule has 1 fully saturated rings. The van der Waals surface area contributed by atoms with Crippen molar-refractivity contribution in [1.29, 1.82) is 0 Å². The van der Waals surface area contributed by atoms with Crippen molar-refractivity contribution >= 4 is 46.0 Å². The lowest BCUT2D eigenvalue weighted by atomic mass is 10.2. The highest BCUT2D eigenvalue weighted by molar-refractivity contribution is 7.97. The zero-order valence-corrected chi connectivity index (χ0v) is 16.4. The van der Waals surface area contributed by atoms with E-state index >= 15 is 0 Å². The minimum atomic E-state index is -4.99. The van der Waals surface area contributed by atoms with Crippen LogP contribution in [-0.2, 0) is 23.9 Å². The molecule has 0 bridgehead atoms. The van der Waals surface area contributed by atoms with Crippen molar-refractivity contribution in [3.05, 3.63) is 11.6 Å². The van der Waals surface area contributed by atoms with Gasteiger partial charge >= 0.3 is 7.60 Å². The number of sulfone groups is 1. The Labute approximate surface area is 158 Å². The maximum absolute atomic E-state index is 11.5. The first-order valence-corrected chi connectivity index (χ1v) is 11.6. The van der Waals surface area contributed by atoms with Crippen LogP contribution in [0.4, 0.5) is 5.82 Å². The molecule has 12 nitrogen and oxygen atoms in total. The molecule has 2 aromatic rings. The highest BCUT2D eigenvalue weighted by Gasteiger charge is 2.40. The van der Waals surface area contributed by atoms with Gasteiger partial charge in [-0.15, -0.1) is 0 Å². The SMILES string of the molecule is CS(=O)(=O)[C@@H](OC[C@@H]1CCC(n2cnc3c(N)nc(Cl)nc32)O1)P(=O)(O)O. The zero-order chi connectivity index (χ0) is 20.0. The Morgan fingerprint density at radius 3 is 2.81 bits per heavy atom. The number of nitrogens with zero attached hydrogens (tertiary/aromatic N) is 4. The quantitative estimate of drug-likeness (QED) is 0.413. The standard InChI is InChI=1S/C12H17ClN5O7PS/c1-27(22,23)12(26(19,20)21)24-4-6-2-3-7(25-6)18-5-15-8-9(14)16-11(13)17-10(8)18/h5-7,12H,2-4H2,1H3,(H2,14,16,17)(H2,19,20,21)/t6-,7?,12-/m0/s1. The van der Waals surface area contributed by atoms with Crippen molar-refractivity contribution in [2.75, 3.05) is 18.6 Å². The van der Waals surface area contributed by atoms with Gasteiger partial charge in [0.05, 0.1) is 19.0 Å². The van der Waals surface area contributed by atoms with E-state index in [1.165, 1.54) is 6.33 Å². The lowest BCUT2D eigenvalue weighted by Crippen LogP contribution is -2.28. The molecule has 3 atom stereocenters. The van der Waals surface area contributed by atoms with E-state index in [1.54, 1.807) is 4.57 Å². The lowest BCUT2D eigenvalue weighted by Gasteiger charge is -2.20. The Bertz CT molecular complexity index is 1010. The Kier molecular flexibility index (Phi) is 5.47. The molecule has 0 saturated carbocycles. The normalized spacial score (nSPS) is 22.4. The van der Waals surface area contributed by atoms with Gasteiger partial charge in [-0.25, -0.2) is 13.4 Å². The molecule has 150 valence electrons. The molecule has 1 aliphatic rings. The molecule has 4 N–H and O–H groups in total. The van der Waals surface area contributed by atoms with E-state index in [9.17, 15) is 22.8 Å². The van der Waals surface area contributed by atoms with E-state index in [-0.39, 0.29) is 17.7 Å². The largest absolute Gasteiger partial charge is 0.382 e. The Morgan fingerprint density at radius 1 is 1.48 bits per heavy atom. The molecule has 1 aliphatic heterocycles. The highest BCUT2D eigenvalue weighted by Crippen LogP contribution is 2.45. The number of hydrogen-bond donors (Lipinski definition) is 3. The van der Waals surface area contributed by atoms with Crippen LogP contribution in [0.2, 0.25) is 5.28 Å². The monoisotopic (exact) mass is 441 g/mol. The summed E-state index contributed by atoms with van der Waals surface area (Å²) < 4.78 is 46.8. The topological polar surface area (TPSA) is 180 Å². The molecule has 27 heavy (non-hydrogen) atoms. The molecular weight excluding hydrogens is 425 g/mol. The fourth-order valence-corrected chi connectivity index (χ4v) is 5.57. The summed E-state index contributed by atoms with van der Waals surface area (Å²) in [5, 5.41) is -2.27. The first-order valence-electron chi connectivity index (χ1n) is 7.63. The van der Waals surface area contributed by atoms with Crippen molar-refractivity contribution in [2.24, 2.45) is 0 Å². The second kappa shape index (κ2) is 7.24. The molecule has 1 unspecified atom stereocenters. The van der Waals surface area contributed by atoms with Crippen LogP contribution in [-0.4, -0.2) is 61.9 Å². The second-order valence-corrected chi connectivity index (χ2v) is 10.5. The zero-order valence-electron chi connectivity index (χ0n) is 14.0. The Hall–Kier alpha value is -1.34. The molecule has 0 amide bonds. The second-order valence-electron chi connectivity index (χ2n) is 6.05. The third-order valence-electron chi connectivity index (χ3n) is 3.88. The number of halogens is 1. The Balaban J connectivity index is 1.72. The third kappa shape index (κ3) is 4.40. The molecule has 3 rings (SSSR count). The number of ether oxygens (including phenoxy) is 2. The van der Waals surface area contributed by atoms with Gasteiger partial charge in [0.2, 0.25) is 5.28 Å². The van der Waals surface area contributed by atoms with Crippen LogP contribution in [0.15, 0.2) is 6.33 Å². The van der Waals surface area contributed by atoms with Crippen molar-refractivity contribution in [2.45, 2.75) is 30.4 Å². The number of nitrogen functional groups attached to an aromatic ring is 1. The lowest BCUT2D eigenvalue weighted by molar-refractivity contribution is -0.0390. The minimum absolute atomic E-state index is 0.0442. The van der Waals surface area contributed by atoms with Gasteiger partial charge < -0.3 is 25.0 Å². The van der Waals surface area contributed by atoms with Crippen molar-refractivity contribution < 1.29 is 32.2 Å². The van der Waals surface area contributed by atoms with Crippen molar-refractivity contribution in [3.8, 4) is 0 Å². The molecule has 15 heteroatoms. The number of anilines is 1. The molecule has 1 saturated heterocycles. The summed E-state index contributed by atoms with van der Waals surface area (Å²) >= 11 is 5.82. The van der Waals surface area contributed by atoms with Gasteiger partial charge in [0.1, 0.15) is 11.7 Å². The summed E-state index contributed by atoms with van der Waals surface area (Å²) in [4.78, 5) is 30.4. The maximum Gasteiger partial charge on any atom is 0.369 e. The number of aromatic nitrogens is 4. The van der Waals surface area contributed by atoms with Crippen molar-refractivity contribution in [1.82, 2.24) is 19.5 Å². The fraction of sp³-hybridized carbons (Fsp3) is 0.583. The first-order chi connectivity index (χ1) is 12.5.